The van der Waals surface area contributed by atoms with Crippen LogP contribution < -0.4 is 10.6 Å². The summed E-state index contributed by atoms with van der Waals surface area (Å²) >= 11 is 0. The monoisotopic (exact) mass is 372 g/mol. The summed E-state index contributed by atoms with van der Waals surface area (Å²) in [7, 11) is 0. The van der Waals surface area contributed by atoms with Crippen LogP contribution in [0.3, 0.4) is 0 Å². The third kappa shape index (κ3) is 4.93. The molecule has 0 saturated heterocycles. The molecule has 0 unspecified atom stereocenters. The van der Waals surface area contributed by atoms with E-state index in [1.807, 2.05) is 67.6 Å². The number of benzene rings is 3. The SMILES string of the molecule is CC(=O)c1cccc(NC(=O)[C@H](C)NC(c2ccccc2)c2ccccc2)c1. The molecule has 0 spiro atoms. The Balaban J connectivity index is 1.76. The van der Waals surface area contributed by atoms with Gasteiger partial charge in [0, 0.05) is 11.3 Å². The third-order valence-corrected chi connectivity index (χ3v) is 4.61. The molecule has 3 rings (SSSR count). The lowest BCUT2D eigenvalue weighted by Gasteiger charge is -2.24. The molecule has 0 aliphatic rings. The van der Waals surface area contributed by atoms with Crippen LogP contribution in [-0.4, -0.2) is 17.7 Å². The van der Waals surface area contributed by atoms with Crippen molar-refractivity contribution in [2.24, 2.45) is 0 Å². The minimum Gasteiger partial charge on any atom is -0.325 e. The Labute approximate surface area is 165 Å². The van der Waals surface area contributed by atoms with Gasteiger partial charge in [-0.25, -0.2) is 0 Å². The summed E-state index contributed by atoms with van der Waals surface area (Å²) in [6.45, 7) is 3.35. The van der Waals surface area contributed by atoms with Crippen LogP contribution in [0.4, 0.5) is 5.69 Å². The maximum Gasteiger partial charge on any atom is 0.241 e. The number of ketones is 1. The van der Waals surface area contributed by atoms with E-state index in [1.54, 1.807) is 24.3 Å². The van der Waals surface area contributed by atoms with Crippen molar-refractivity contribution in [2.45, 2.75) is 25.9 Å². The minimum atomic E-state index is -0.439. The molecular weight excluding hydrogens is 348 g/mol. The molecule has 4 nitrogen and oxygen atoms in total. The zero-order valence-electron chi connectivity index (χ0n) is 16.1. The predicted octanol–water partition coefficient (Wildman–Crippen LogP) is 4.60. The normalized spacial score (nSPS) is 11.8. The third-order valence-electron chi connectivity index (χ3n) is 4.61. The Morgan fingerprint density at radius 2 is 1.36 bits per heavy atom. The summed E-state index contributed by atoms with van der Waals surface area (Å²) in [6, 6.07) is 26.5. The number of amides is 1. The predicted molar refractivity (Wildman–Crippen MR) is 112 cm³/mol. The first-order valence-corrected chi connectivity index (χ1v) is 9.32. The van der Waals surface area contributed by atoms with Crippen LogP contribution in [0.15, 0.2) is 84.9 Å². The highest BCUT2D eigenvalue weighted by Gasteiger charge is 2.20. The fraction of sp³-hybridized carbons (Fsp3) is 0.167. The maximum absolute atomic E-state index is 12.7. The molecule has 2 N–H and O–H groups in total. The standard InChI is InChI=1S/C24H24N2O2/c1-17(24(28)26-22-15-9-14-21(16-22)18(2)27)25-23(19-10-5-3-6-11-19)20-12-7-4-8-13-20/h3-17,23,25H,1-2H3,(H,26,28)/t17-/m0/s1. The number of hydrogen-bond donors (Lipinski definition) is 2. The van der Waals surface area contributed by atoms with Crippen molar-refractivity contribution in [3.63, 3.8) is 0 Å². The summed E-state index contributed by atoms with van der Waals surface area (Å²) in [5.41, 5.74) is 3.37. The Kier molecular flexibility index (Phi) is 6.35. The first-order chi connectivity index (χ1) is 13.5. The zero-order chi connectivity index (χ0) is 19.9. The molecule has 0 bridgehead atoms. The Hall–Kier alpha value is -3.24. The molecule has 1 amide bonds. The van der Waals surface area contributed by atoms with E-state index in [-0.39, 0.29) is 17.7 Å². The van der Waals surface area contributed by atoms with E-state index in [0.29, 0.717) is 11.3 Å². The molecule has 28 heavy (non-hydrogen) atoms. The van der Waals surface area contributed by atoms with Gasteiger partial charge in [0.25, 0.3) is 0 Å². The number of Topliss-reactive ketones (excluding diaryl/α,β-unsaturated/α-hetero) is 1. The van der Waals surface area contributed by atoms with E-state index in [9.17, 15) is 9.59 Å². The molecule has 0 aromatic heterocycles. The highest BCUT2D eigenvalue weighted by molar-refractivity contribution is 5.98. The molecule has 0 fully saturated rings. The van der Waals surface area contributed by atoms with E-state index < -0.39 is 6.04 Å². The molecule has 0 aliphatic carbocycles. The van der Waals surface area contributed by atoms with Gasteiger partial charge in [0.1, 0.15) is 0 Å². The van der Waals surface area contributed by atoms with Gasteiger partial charge in [0.05, 0.1) is 12.1 Å². The van der Waals surface area contributed by atoms with E-state index in [2.05, 4.69) is 10.6 Å². The Morgan fingerprint density at radius 3 is 1.89 bits per heavy atom. The van der Waals surface area contributed by atoms with Gasteiger partial charge in [0.2, 0.25) is 5.91 Å². The van der Waals surface area contributed by atoms with Crippen molar-refractivity contribution in [1.29, 1.82) is 0 Å². The smallest absolute Gasteiger partial charge is 0.241 e. The summed E-state index contributed by atoms with van der Waals surface area (Å²) < 4.78 is 0. The van der Waals surface area contributed by atoms with Crippen LogP contribution in [0.5, 0.6) is 0 Å². The van der Waals surface area contributed by atoms with Gasteiger partial charge in [-0.1, -0.05) is 72.8 Å². The number of anilines is 1. The van der Waals surface area contributed by atoms with Crippen LogP contribution in [0.1, 0.15) is 41.4 Å². The average molecular weight is 372 g/mol. The van der Waals surface area contributed by atoms with Gasteiger partial charge in [-0.15, -0.1) is 0 Å². The van der Waals surface area contributed by atoms with Crippen molar-refractivity contribution in [3.05, 3.63) is 102 Å². The maximum atomic E-state index is 12.7. The summed E-state index contributed by atoms with van der Waals surface area (Å²) in [5, 5.41) is 6.32. The molecule has 0 heterocycles. The summed E-state index contributed by atoms with van der Waals surface area (Å²) in [4.78, 5) is 24.3. The number of carbonyl (C=O) groups excluding carboxylic acids is 2. The van der Waals surface area contributed by atoms with Crippen LogP contribution >= 0.6 is 0 Å². The van der Waals surface area contributed by atoms with Gasteiger partial charge < -0.3 is 5.32 Å². The molecule has 0 radical (unpaired) electrons. The number of carbonyl (C=O) groups is 2. The fourth-order valence-corrected chi connectivity index (χ4v) is 3.07. The lowest BCUT2D eigenvalue weighted by molar-refractivity contribution is -0.117. The number of nitrogens with one attached hydrogen (secondary N) is 2. The van der Waals surface area contributed by atoms with Crippen molar-refractivity contribution < 1.29 is 9.59 Å². The Bertz CT molecular complexity index is 900. The van der Waals surface area contributed by atoms with Crippen molar-refractivity contribution >= 4 is 17.4 Å². The quantitative estimate of drug-likeness (QED) is 0.596. The molecule has 3 aromatic carbocycles. The van der Waals surface area contributed by atoms with Gasteiger partial charge in [-0.3, -0.25) is 14.9 Å². The molecule has 3 aromatic rings. The minimum absolute atomic E-state index is 0.0320. The van der Waals surface area contributed by atoms with Gasteiger partial charge >= 0.3 is 0 Å². The highest BCUT2D eigenvalue weighted by Crippen LogP contribution is 2.22. The number of hydrogen-bond acceptors (Lipinski definition) is 3. The van der Waals surface area contributed by atoms with Crippen LogP contribution in [0.2, 0.25) is 0 Å². The molecule has 0 aliphatic heterocycles. The molecule has 1 atom stereocenters. The average Bonchev–Trinajstić information content (AvgIpc) is 2.73. The van der Waals surface area contributed by atoms with Crippen LogP contribution in [0, 0.1) is 0 Å². The van der Waals surface area contributed by atoms with E-state index in [1.165, 1.54) is 6.92 Å². The van der Waals surface area contributed by atoms with Crippen molar-refractivity contribution in [1.82, 2.24) is 5.32 Å². The van der Waals surface area contributed by atoms with Crippen molar-refractivity contribution in [3.8, 4) is 0 Å². The lowest BCUT2D eigenvalue weighted by Crippen LogP contribution is -2.40. The second-order valence-electron chi connectivity index (χ2n) is 6.77. The fourth-order valence-electron chi connectivity index (χ4n) is 3.07. The highest BCUT2D eigenvalue weighted by atomic mass is 16.2. The van der Waals surface area contributed by atoms with E-state index in [4.69, 9.17) is 0 Å². The molecule has 142 valence electrons. The molecule has 0 saturated carbocycles. The Morgan fingerprint density at radius 1 is 0.786 bits per heavy atom. The van der Waals surface area contributed by atoms with Crippen LogP contribution in [0.25, 0.3) is 0 Å². The summed E-state index contributed by atoms with van der Waals surface area (Å²) in [6.07, 6.45) is 0. The van der Waals surface area contributed by atoms with Crippen molar-refractivity contribution in [2.75, 3.05) is 5.32 Å². The van der Waals surface area contributed by atoms with Gasteiger partial charge in [0.15, 0.2) is 5.78 Å². The molecular formula is C24H24N2O2. The first kappa shape index (κ1) is 19.5. The zero-order valence-corrected chi connectivity index (χ0v) is 16.1. The second-order valence-corrected chi connectivity index (χ2v) is 6.77. The topological polar surface area (TPSA) is 58.2 Å². The van der Waals surface area contributed by atoms with E-state index >= 15 is 0 Å². The van der Waals surface area contributed by atoms with Crippen LogP contribution in [-0.2, 0) is 4.79 Å². The largest absolute Gasteiger partial charge is 0.325 e. The second kappa shape index (κ2) is 9.11. The van der Waals surface area contributed by atoms with Gasteiger partial charge in [-0.2, -0.15) is 0 Å². The summed E-state index contributed by atoms with van der Waals surface area (Å²) in [5.74, 6) is -0.187. The van der Waals surface area contributed by atoms with E-state index in [0.717, 1.165) is 11.1 Å². The van der Waals surface area contributed by atoms with Gasteiger partial charge in [-0.05, 0) is 37.1 Å². The molecule has 4 heteroatoms. The number of rotatable bonds is 7. The first-order valence-electron chi connectivity index (χ1n) is 9.32. The lowest BCUT2D eigenvalue weighted by atomic mass is 9.98.